The highest BCUT2D eigenvalue weighted by Crippen LogP contribution is 2.26. The molecule has 4 nitrogen and oxygen atoms in total. The van der Waals surface area contributed by atoms with E-state index in [-0.39, 0.29) is 6.10 Å². The molecule has 2 aromatic rings. The maximum absolute atomic E-state index is 10.7. The second-order valence-corrected chi connectivity index (χ2v) is 6.99. The molecule has 1 atom stereocenters. The van der Waals surface area contributed by atoms with Crippen LogP contribution in [-0.4, -0.2) is 55.4 Å². The molecule has 4 heteroatoms. The quantitative estimate of drug-likeness (QED) is 0.849. The summed E-state index contributed by atoms with van der Waals surface area (Å²) in [4.78, 5) is 4.55. The molecule has 1 fully saturated rings. The lowest BCUT2D eigenvalue weighted by Gasteiger charge is -2.32. The van der Waals surface area contributed by atoms with Gasteiger partial charge in [0.1, 0.15) is 0 Å². The van der Waals surface area contributed by atoms with Crippen molar-refractivity contribution in [1.29, 1.82) is 0 Å². The minimum absolute atomic E-state index is 0.388. The molecule has 0 aromatic heterocycles. The number of aliphatic hydroxyl groups excluding tert-OH is 1. The van der Waals surface area contributed by atoms with Crippen LogP contribution in [0.25, 0.3) is 0 Å². The smallest absolute Gasteiger partial charge is 0.0845 e. The largest absolute Gasteiger partial charge is 0.390 e. The first-order valence-electron chi connectivity index (χ1n) is 9.14. The molecule has 134 valence electrons. The van der Waals surface area contributed by atoms with Crippen molar-refractivity contribution in [2.45, 2.75) is 20.0 Å². The number of β-amino-alcohol motifs (C(OH)–C–C–N with tert-alkyl or cyclic N) is 1. The van der Waals surface area contributed by atoms with Gasteiger partial charge in [-0.05, 0) is 38.1 Å². The third-order valence-electron chi connectivity index (χ3n) is 4.76. The molecular formula is C21H29N3O. The Morgan fingerprint density at radius 2 is 1.40 bits per heavy atom. The molecule has 0 radical (unpaired) electrons. The Kier molecular flexibility index (Phi) is 6.08. The molecule has 1 saturated heterocycles. The molecule has 2 aromatic carbocycles. The molecule has 0 saturated carbocycles. The minimum atomic E-state index is -0.388. The van der Waals surface area contributed by atoms with Gasteiger partial charge in [0, 0.05) is 44.1 Å². The monoisotopic (exact) mass is 339 g/mol. The molecule has 1 aliphatic rings. The molecule has 25 heavy (non-hydrogen) atoms. The standard InChI is InChI=1S/C21H29N3O/c1-17-3-7-19(8-4-17)24(20-9-5-18(2)6-10-20)16-21(25)15-23-13-11-22-12-14-23/h3-10,21-22,25H,11-16H2,1-2H3. The number of anilines is 2. The number of nitrogens with zero attached hydrogens (tertiary/aromatic N) is 2. The van der Waals surface area contributed by atoms with Gasteiger partial charge in [0.05, 0.1) is 12.6 Å². The number of hydrogen-bond acceptors (Lipinski definition) is 4. The minimum Gasteiger partial charge on any atom is -0.390 e. The lowest BCUT2D eigenvalue weighted by Crippen LogP contribution is -2.48. The van der Waals surface area contributed by atoms with E-state index in [2.05, 4.69) is 77.5 Å². The highest BCUT2D eigenvalue weighted by atomic mass is 16.3. The zero-order chi connectivity index (χ0) is 17.6. The summed E-state index contributed by atoms with van der Waals surface area (Å²) < 4.78 is 0. The highest BCUT2D eigenvalue weighted by Gasteiger charge is 2.18. The van der Waals surface area contributed by atoms with Crippen molar-refractivity contribution in [3.63, 3.8) is 0 Å². The summed E-state index contributed by atoms with van der Waals surface area (Å²) in [5.41, 5.74) is 4.73. The summed E-state index contributed by atoms with van der Waals surface area (Å²) in [6.45, 7) is 9.53. The summed E-state index contributed by atoms with van der Waals surface area (Å²) in [6, 6.07) is 17.0. The topological polar surface area (TPSA) is 38.7 Å². The van der Waals surface area contributed by atoms with Crippen LogP contribution in [0.1, 0.15) is 11.1 Å². The Bertz CT molecular complexity index is 602. The van der Waals surface area contributed by atoms with Crippen molar-refractivity contribution >= 4 is 11.4 Å². The maximum Gasteiger partial charge on any atom is 0.0845 e. The Morgan fingerprint density at radius 1 is 0.920 bits per heavy atom. The first-order valence-corrected chi connectivity index (χ1v) is 9.14. The van der Waals surface area contributed by atoms with Crippen LogP contribution in [0.2, 0.25) is 0 Å². The normalized spacial score (nSPS) is 16.6. The van der Waals surface area contributed by atoms with Crippen LogP contribution in [-0.2, 0) is 0 Å². The third-order valence-corrected chi connectivity index (χ3v) is 4.76. The van der Waals surface area contributed by atoms with E-state index in [4.69, 9.17) is 0 Å². The number of benzene rings is 2. The summed E-state index contributed by atoms with van der Waals surface area (Å²) in [5.74, 6) is 0. The van der Waals surface area contributed by atoms with E-state index in [9.17, 15) is 5.11 Å². The number of aliphatic hydroxyl groups is 1. The lowest BCUT2D eigenvalue weighted by molar-refractivity contribution is 0.111. The van der Waals surface area contributed by atoms with Crippen LogP contribution in [0.4, 0.5) is 11.4 Å². The Morgan fingerprint density at radius 3 is 1.88 bits per heavy atom. The van der Waals surface area contributed by atoms with E-state index >= 15 is 0 Å². The number of hydrogen-bond donors (Lipinski definition) is 2. The van der Waals surface area contributed by atoms with Gasteiger partial charge >= 0.3 is 0 Å². The number of piperazine rings is 1. The Labute approximate surface area is 151 Å². The zero-order valence-electron chi connectivity index (χ0n) is 15.3. The molecule has 1 aliphatic heterocycles. The molecule has 0 bridgehead atoms. The van der Waals surface area contributed by atoms with Crippen LogP contribution in [0, 0.1) is 13.8 Å². The van der Waals surface area contributed by atoms with E-state index < -0.39 is 0 Å². The van der Waals surface area contributed by atoms with Crippen LogP contribution in [0.3, 0.4) is 0 Å². The molecule has 2 N–H and O–H groups in total. The van der Waals surface area contributed by atoms with Gasteiger partial charge in [-0.1, -0.05) is 35.4 Å². The Balaban J connectivity index is 1.75. The van der Waals surface area contributed by atoms with E-state index in [1.165, 1.54) is 11.1 Å². The number of nitrogens with one attached hydrogen (secondary N) is 1. The molecule has 3 rings (SSSR count). The van der Waals surface area contributed by atoms with Crippen LogP contribution >= 0.6 is 0 Å². The number of aryl methyl sites for hydroxylation is 2. The second kappa shape index (κ2) is 8.48. The van der Waals surface area contributed by atoms with Gasteiger partial charge < -0.3 is 15.3 Å². The molecule has 0 spiro atoms. The first-order chi connectivity index (χ1) is 12.1. The van der Waals surface area contributed by atoms with Gasteiger partial charge in [-0.2, -0.15) is 0 Å². The summed E-state index contributed by atoms with van der Waals surface area (Å²) in [6.07, 6.45) is -0.388. The van der Waals surface area contributed by atoms with Gasteiger partial charge in [0.25, 0.3) is 0 Å². The van der Waals surface area contributed by atoms with E-state index in [1.807, 2.05) is 0 Å². The summed E-state index contributed by atoms with van der Waals surface area (Å²) in [5, 5.41) is 14.1. The van der Waals surface area contributed by atoms with Crippen molar-refractivity contribution in [3.8, 4) is 0 Å². The predicted molar refractivity (Wildman–Crippen MR) is 105 cm³/mol. The fourth-order valence-corrected chi connectivity index (χ4v) is 3.27. The first kappa shape index (κ1) is 17.9. The Hall–Kier alpha value is -1.88. The van der Waals surface area contributed by atoms with E-state index in [0.717, 1.165) is 44.1 Å². The van der Waals surface area contributed by atoms with Crippen LogP contribution in [0.15, 0.2) is 48.5 Å². The van der Waals surface area contributed by atoms with Gasteiger partial charge in [-0.3, -0.25) is 4.90 Å². The van der Waals surface area contributed by atoms with Crippen molar-refractivity contribution in [2.75, 3.05) is 44.2 Å². The summed E-state index contributed by atoms with van der Waals surface area (Å²) in [7, 11) is 0. The molecule has 1 unspecified atom stereocenters. The van der Waals surface area contributed by atoms with E-state index in [1.54, 1.807) is 0 Å². The van der Waals surface area contributed by atoms with Gasteiger partial charge in [0.2, 0.25) is 0 Å². The van der Waals surface area contributed by atoms with Crippen LogP contribution in [0.5, 0.6) is 0 Å². The predicted octanol–water partition coefficient (Wildman–Crippen LogP) is 2.71. The fourth-order valence-electron chi connectivity index (χ4n) is 3.27. The lowest BCUT2D eigenvalue weighted by atomic mass is 10.1. The van der Waals surface area contributed by atoms with Crippen molar-refractivity contribution in [2.24, 2.45) is 0 Å². The molecule has 0 amide bonds. The second-order valence-electron chi connectivity index (χ2n) is 6.99. The van der Waals surface area contributed by atoms with Gasteiger partial charge in [0.15, 0.2) is 0 Å². The van der Waals surface area contributed by atoms with Gasteiger partial charge in [-0.15, -0.1) is 0 Å². The van der Waals surface area contributed by atoms with Crippen molar-refractivity contribution in [1.82, 2.24) is 10.2 Å². The van der Waals surface area contributed by atoms with Crippen molar-refractivity contribution in [3.05, 3.63) is 59.7 Å². The van der Waals surface area contributed by atoms with Gasteiger partial charge in [-0.25, -0.2) is 0 Å². The molecule has 0 aliphatic carbocycles. The average molecular weight is 339 g/mol. The SMILES string of the molecule is Cc1ccc(N(CC(O)CN2CCNCC2)c2ccc(C)cc2)cc1. The van der Waals surface area contributed by atoms with Crippen molar-refractivity contribution < 1.29 is 5.11 Å². The van der Waals surface area contributed by atoms with E-state index in [0.29, 0.717) is 6.54 Å². The van der Waals surface area contributed by atoms with Crippen LogP contribution < -0.4 is 10.2 Å². The maximum atomic E-state index is 10.7. The highest BCUT2D eigenvalue weighted by molar-refractivity contribution is 5.63. The molecular weight excluding hydrogens is 310 g/mol. The fraction of sp³-hybridized carbons (Fsp3) is 0.429. The zero-order valence-corrected chi connectivity index (χ0v) is 15.3. The number of rotatable bonds is 6. The summed E-state index contributed by atoms with van der Waals surface area (Å²) >= 11 is 0. The average Bonchev–Trinajstić information content (AvgIpc) is 2.62. The third kappa shape index (κ3) is 5.05. The molecule has 1 heterocycles.